The van der Waals surface area contributed by atoms with Gasteiger partial charge in [-0.05, 0) is 18.6 Å². The number of rotatable bonds is 3. The van der Waals surface area contributed by atoms with Gasteiger partial charge < -0.3 is 0 Å². The lowest BCUT2D eigenvalue weighted by Gasteiger charge is -2.01. The van der Waals surface area contributed by atoms with Gasteiger partial charge in [0, 0.05) is 10.6 Å². The van der Waals surface area contributed by atoms with E-state index in [9.17, 15) is 0 Å². The fraction of sp³-hybridized carbons (Fsp3) is 0.167. The number of hydrogen-bond donors (Lipinski definition) is 0. The van der Waals surface area contributed by atoms with Crippen molar-refractivity contribution in [2.75, 3.05) is 5.75 Å². The molecule has 0 spiro atoms. The summed E-state index contributed by atoms with van der Waals surface area (Å²) in [6.45, 7) is 0. The molecular formula is C12H12S. The standard InChI is InChI=1S/C12H12S/c1-2-8-12(9-3-1)13-10-11-6-4-5-7-11/h1-6,8-9H,7,10H2. The summed E-state index contributed by atoms with van der Waals surface area (Å²) in [5.41, 5.74) is 1.52. The van der Waals surface area contributed by atoms with E-state index >= 15 is 0 Å². The Balaban J connectivity index is 1.87. The van der Waals surface area contributed by atoms with E-state index in [1.807, 2.05) is 11.8 Å². The third kappa shape index (κ3) is 2.49. The van der Waals surface area contributed by atoms with Crippen LogP contribution in [0.15, 0.2) is 59.0 Å². The van der Waals surface area contributed by atoms with Crippen molar-refractivity contribution >= 4 is 11.8 Å². The summed E-state index contributed by atoms with van der Waals surface area (Å²) in [4.78, 5) is 1.36. The minimum absolute atomic E-state index is 1.12. The van der Waals surface area contributed by atoms with E-state index in [1.54, 1.807) is 0 Å². The molecule has 0 heterocycles. The summed E-state index contributed by atoms with van der Waals surface area (Å²) >= 11 is 1.91. The van der Waals surface area contributed by atoms with Gasteiger partial charge in [-0.2, -0.15) is 0 Å². The minimum atomic E-state index is 1.12. The molecule has 0 atom stereocenters. The molecule has 1 heteroatoms. The van der Waals surface area contributed by atoms with Gasteiger partial charge >= 0.3 is 0 Å². The Labute approximate surface area is 83.4 Å². The van der Waals surface area contributed by atoms with Crippen molar-refractivity contribution in [3.05, 3.63) is 54.1 Å². The Morgan fingerprint density at radius 3 is 2.69 bits per heavy atom. The van der Waals surface area contributed by atoms with Crippen molar-refractivity contribution in [1.29, 1.82) is 0 Å². The molecular weight excluding hydrogens is 176 g/mol. The van der Waals surface area contributed by atoms with Gasteiger partial charge in [0.05, 0.1) is 0 Å². The Morgan fingerprint density at radius 1 is 1.15 bits per heavy atom. The van der Waals surface area contributed by atoms with E-state index in [0.29, 0.717) is 0 Å². The summed E-state index contributed by atoms with van der Waals surface area (Å²) in [6, 6.07) is 10.6. The first kappa shape index (κ1) is 8.64. The molecule has 1 aliphatic carbocycles. The molecule has 13 heavy (non-hydrogen) atoms. The normalized spacial score (nSPS) is 14.6. The summed E-state index contributed by atoms with van der Waals surface area (Å²) < 4.78 is 0. The molecule has 1 aliphatic rings. The van der Waals surface area contributed by atoms with E-state index < -0.39 is 0 Å². The predicted molar refractivity (Wildman–Crippen MR) is 59.0 cm³/mol. The topological polar surface area (TPSA) is 0 Å². The summed E-state index contributed by atoms with van der Waals surface area (Å²) in [7, 11) is 0. The maximum Gasteiger partial charge on any atom is 0.0196 e. The average Bonchev–Trinajstić information content (AvgIpc) is 2.69. The van der Waals surface area contributed by atoms with Crippen LogP contribution < -0.4 is 0 Å². The van der Waals surface area contributed by atoms with E-state index in [1.165, 1.54) is 10.5 Å². The zero-order chi connectivity index (χ0) is 8.93. The largest absolute Gasteiger partial charge is 0.122 e. The first-order chi connectivity index (χ1) is 6.45. The van der Waals surface area contributed by atoms with Crippen molar-refractivity contribution in [2.45, 2.75) is 11.3 Å². The van der Waals surface area contributed by atoms with Crippen molar-refractivity contribution in [1.82, 2.24) is 0 Å². The van der Waals surface area contributed by atoms with E-state index in [0.717, 1.165) is 12.2 Å². The molecule has 2 rings (SSSR count). The smallest absolute Gasteiger partial charge is 0.0196 e. The molecule has 0 saturated heterocycles. The fourth-order valence-electron chi connectivity index (χ4n) is 1.29. The molecule has 0 aromatic heterocycles. The molecule has 0 N–H and O–H groups in total. The molecule has 0 aliphatic heterocycles. The van der Waals surface area contributed by atoms with Crippen LogP contribution in [0.4, 0.5) is 0 Å². The average molecular weight is 188 g/mol. The maximum atomic E-state index is 2.22. The van der Waals surface area contributed by atoms with E-state index in [2.05, 4.69) is 48.6 Å². The van der Waals surface area contributed by atoms with Gasteiger partial charge in [0.2, 0.25) is 0 Å². The van der Waals surface area contributed by atoms with Crippen molar-refractivity contribution in [2.24, 2.45) is 0 Å². The van der Waals surface area contributed by atoms with Gasteiger partial charge in [0.1, 0.15) is 0 Å². The Kier molecular flexibility index (Phi) is 2.88. The quantitative estimate of drug-likeness (QED) is 0.652. The number of allylic oxidation sites excluding steroid dienone is 3. The van der Waals surface area contributed by atoms with Crippen LogP contribution in [-0.4, -0.2) is 5.75 Å². The van der Waals surface area contributed by atoms with Crippen LogP contribution in [0.1, 0.15) is 6.42 Å². The Hall–Kier alpha value is -0.950. The lowest BCUT2D eigenvalue weighted by molar-refractivity contribution is 1.26. The highest BCUT2D eigenvalue weighted by molar-refractivity contribution is 7.99. The number of benzene rings is 1. The first-order valence-electron chi connectivity index (χ1n) is 4.47. The van der Waals surface area contributed by atoms with Gasteiger partial charge in [0.25, 0.3) is 0 Å². The van der Waals surface area contributed by atoms with Gasteiger partial charge in [-0.3, -0.25) is 0 Å². The highest BCUT2D eigenvalue weighted by atomic mass is 32.2. The van der Waals surface area contributed by atoms with Crippen LogP contribution in [0.2, 0.25) is 0 Å². The fourth-order valence-corrected chi connectivity index (χ4v) is 2.21. The summed E-state index contributed by atoms with van der Waals surface area (Å²) in [5, 5.41) is 0. The lowest BCUT2D eigenvalue weighted by Crippen LogP contribution is -1.82. The van der Waals surface area contributed by atoms with Gasteiger partial charge in [-0.1, -0.05) is 42.0 Å². The van der Waals surface area contributed by atoms with Crippen LogP contribution in [0, 0.1) is 0 Å². The lowest BCUT2D eigenvalue weighted by atomic mass is 10.3. The van der Waals surface area contributed by atoms with Crippen LogP contribution in [-0.2, 0) is 0 Å². The predicted octanol–water partition coefficient (Wildman–Crippen LogP) is 3.67. The molecule has 0 amide bonds. The third-order valence-corrected chi connectivity index (χ3v) is 3.14. The van der Waals surface area contributed by atoms with Crippen molar-refractivity contribution in [3.8, 4) is 0 Å². The molecule has 66 valence electrons. The zero-order valence-electron chi connectivity index (χ0n) is 7.44. The van der Waals surface area contributed by atoms with Crippen LogP contribution >= 0.6 is 11.8 Å². The van der Waals surface area contributed by atoms with Gasteiger partial charge in [0.15, 0.2) is 0 Å². The Bertz CT molecular complexity index is 322. The molecule has 0 unspecified atom stereocenters. The zero-order valence-corrected chi connectivity index (χ0v) is 8.26. The van der Waals surface area contributed by atoms with E-state index in [-0.39, 0.29) is 0 Å². The minimum Gasteiger partial charge on any atom is -0.122 e. The molecule has 0 bridgehead atoms. The summed E-state index contributed by atoms with van der Waals surface area (Å²) in [5.74, 6) is 1.12. The van der Waals surface area contributed by atoms with Crippen LogP contribution in [0.5, 0.6) is 0 Å². The Morgan fingerprint density at radius 2 is 2.00 bits per heavy atom. The van der Waals surface area contributed by atoms with E-state index in [4.69, 9.17) is 0 Å². The van der Waals surface area contributed by atoms with Crippen LogP contribution in [0.3, 0.4) is 0 Å². The molecule has 1 aromatic carbocycles. The van der Waals surface area contributed by atoms with Gasteiger partial charge in [-0.25, -0.2) is 0 Å². The maximum absolute atomic E-state index is 2.22. The molecule has 0 nitrogen and oxygen atoms in total. The number of thioether (sulfide) groups is 1. The van der Waals surface area contributed by atoms with Gasteiger partial charge in [-0.15, -0.1) is 11.8 Å². The summed E-state index contributed by atoms with van der Waals surface area (Å²) in [6.07, 6.45) is 7.71. The second-order valence-corrected chi connectivity index (χ2v) is 4.11. The molecule has 0 saturated carbocycles. The second kappa shape index (κ2) is 4.33. The highest BCUT2D eigenvalue weighted by Crippen LogP contribution is 2.23. The SMILES string of the molecule is C1=CCC(CSc2ccccc2)=C1. The second-order valence-electron chi connectivity index (χ2n) is 3.06. The monoisotopic (exact) mass is 188 g/mol. The first-order valence-corrected chi connectivity index (χ1v) is 5.46. The van der Waals surface area contributed by atoms with Crippen LogP contribution in [0.25, 0.3) is 0 Å². The number of hydrogen-bond acceptors (Lipinski definition) is 1. The highest BCUT2D eigenvalue weighted by Gasteiger charge is 1.99. The third-order valence-electron chi connectivity index (χ3n) is 2.02. The molecule has 1 aromatic rings. The van der Waals surface area contributed by atoms with Crippen molar-refractivity contribution in [3.63, 3.8) is 0 Å². The molecule has 0 radical (unpaired) electrons. The van der Waals surface area contributed by atoms with Crippen molar-refractivity contribution < 1.29 is 0 Å². The molecule has 0 fully saturated rings.